The van der Waals surface area contributed by atoms with Crippen LogP contribution in [0, 0.1) is 28.6 Å². The van der Waals surface area contributed by atoms with Crippen molar-refractivity contribution in [3.8, 4) is 5.75 Å². The Kier molecular flexibility index (Phi) is 4.43. The fourth-order valence-electron chi connectivity index (χ4n) is 8.40. The van der Waals surface area contributed by atoms with Crippen LogP contribution in [-0.4, -0.2) is 21.9 Å². The number of aromatic nitrogens is 2. The molecule has 34 heavy (non-hydrogen) atoms. The summed E-state index contributed by atoms with van der Waals surface area (Å²) >= 11 is 6.16. The smallest absolute Gasteiger partial charge is 0.270 e. The zero-order valence-corrected chi connectivity index (χ0v) is 20.3. The van der Waals surface area contributed by atoms with Gasteiger partial charge in [0.25, 0.3) is 5.91 Å². The van der Waals surface area contributed by atoms with Gasteiger partial charge in [-0.1, -0.05) is 30.7 Å². The molecule has 0 aliphatic heterocycles. The standard InChI is InChI=1S/C28H30ClN3O2/c1-2-23-25(32-15-21(29)5-8-24(32)31-23)26(33)30-14-17-3-6-22(7-4-17)34-16-27-11-18-9-19-10-20(13-27)28(19,27)12-18/h3-8,15,18-20H,2,9-14,16H2,1H3,(H,30,33). The van der Waals surface area contributed by atoms with Crippen LogP contribution in [0.4, 0.5) is 0 Å². The highest BCUT2D eigenvalue weighted by atomic mass is 35.5. The summed E-state index contributed by atoms with van der Waals surface area (Å²) in [4.78, 5) is 17.6. The summed E-state index contributed by atoms with van der Waals surface area (Å²) < 4.78 is 8.13. The number of amides is 1. The Labute approximate surface area is 204 Å². The zero-order chi connectivity index (χ0) is 23.1. The summed E-state index contributed by atoms with van der Waals surface area (Å²) in [5, 5.41) is 3.62. The second kappa shape index (κ2) is 7.24. The van der Waals surface area contributed by atoms with Crippen LogP contribution >= 0.6 is 11.6 Å². The van der Waals surface area contributed by atoms with Gasteiger partial charge in [0.2, 0.25) is 0 Å². The van der Waals surface area contributed by atoms with Gasteiger partial charge < -0.3 is 10.1 Å². The number of hydrogen-bond donors (Lipinski definition) is 1. The van der Waals surface area contributed by atoms with Crippen LogP contribution in [0.2, 0.25) is 5.02 Å². The number of hydrogen-bond acceptors (Lipinski definition) is 3. The van der Waals surface area contributed by atoms with Gasteiger partial charge in [0.1, 0.15) is 17.1 Å². The maximum atomic E-state index is 13.0. The van der Waals surface area contributed by atoms with Crippen molar-refractivity contribution in [2.45, 2.75) is 52.0 Å². The average Bonchev–Trinajstić information content (AvgIpc) is 3.46. The molecule has 1 spiro atoms. The molecule has 5 nitrogen and oxygen atoms in total. The van der Waals surface area contributed by atoms with Crippen LogP contribution in [0.15, 0.2) is 42.6 Å². The lowest BCUT2D eigenvalue weighted by Gasteiger charge is -2.72. The molecule has 4 fully saturated rings. The quantitative estimate of drug-likeness (QED) is 0.478. The number of carbonyl (C=O) groups excluding carboxylic acids is 1. The number of fused-ring (bicyclic) bond motifs is 2. The summed E-state index contributed by atoms with van der Waals surface area (Å²) in [6, 6.07) is 11.8. The third-order valence-electron chi connectivity index (χ3n) is 9.67. The lowest BCUT2D eigenvalue weighted by molar-refractivity contribution is -0.254. The van der Waals surface area contributed by atoms with Crippen molar-refractivity contribution in [2.75, 3.05) is 6.61 Å². The molecule has 4 saturated carbocycles. The molecule has 2 bridgehead atoms. The van der Waals surface area contributed by atoms with Crippen LogP contribution in [0.1, 0.15) is 60.8 Å². The van der Waals surface area contributed by atoms with Crippen molar-refractivity contribution in [3.63, 3.8) is 0 Å². The van der Waals surface area contributed by atoms with E-state index in [1.165, 1.54) is 32.1 Å². The van der Waals surface area contributed by atoms with Gasteiger partial charge in [0.05, 0.1) is 17.3 Å². The number of nitrogens with one attached hydrogen (secondary N) is 1. The first-order chi connectivity index (χ1) is 16.5. The number of nitrogens with zero attached hydrogens (tertiary/aromatic N) is 2. The van der Waals surface area contributed by atoms with E-state index >= 15 is 0 Å². The third-order valence-corrected chi connectivity index (χ3v) is 9.89. The van der Waals surface area contributed by atoms with E-state index in [9.17, 15) is 4.79 Å². The first kappa shape index (κ1) is 20.8. The third kappa shape index (κ3) is 2.73. The number of benzene rings is 1. The van der Waals surface area contributed by atoms with E-state index < -0.39 is 0 Å². The molecule has 1 aromatic carbocycles. The molecular weight excluding hydrogens is 446 g/mol. The first-order valence-electron chi connectivity index (χ1n) is 12.7. The largest absolute Gasteiger partial charge is 0.493 e. The van der Waals surface area contributed by atoms with E-state index in [-0.39, 0.29) is 5.91 Å². The molecule has 1 N–H and O–H groups in total. The van der Waals surface area contributed by atoms with Crippen LogP contribution < -0.4 is 10.1 Å². The fourth-order valence-corrected chi connectivity index (χ4v) is 8.56. The van der Waals surface area contributed by atoms with Crippen LogP contribution in [0.25, 0.3) is 5.65 Å². The highest BCUT2D eigenvalue weighted by Crippen LogP contribution is 2.86. The fraction of sp³-hybridized carbons (Fsp3) is 0.500. The number of carbonyl (C=O) groups is 1. The molecular formula is C28H30ClN3O2. The van der Waals surface area contributed by atoms with E-state index in [2.05, 4.69) is 10.3 Å². The summed E-state index contributed by atoms with van der Waals surface area (Å²) in [7, 11) is 0. The Morgan fingerprint density at radius 3 is 2.76 bits per heavy atom. The molecule has 6 heteroatoms. The number of halogens is 1. The number of imidazole rings is 1. The van der Waals surface area contributed by atoms with Crippen molar-refractivity contribution in [1.29, 1.82) is 0 Å². The van der Waals surface area contributed by atoms with Gasteiger partial charge in [0, 0.05) is 18.2 Å². The monoisotopic (exact) mass is 475 g/mol. The summed E-state index contributed by atoms with van der Waals surface area (Å²) in [5.41, 5.74) is 4.22. The zero-order valence-electron chi connectivity index (χ0n) is 19.5. The lowest BCUT2D eigenvalue weighted by atomic mass is 9.32. The first-order valence-corrected chi connectivity index (χ1v) is 13.1. The Morgan fingerprint density at radius 1 is 1.15 bits per heavy atom. The molecule has 5 unspecified atom stereocenters. The molecule has 2 heterocycles. The molecule has 0 saturated heterocycles. The normalized spacial score (nSPS) is 32.2. The van der Waals surface area contributed by atoms with Gasteiger partial charge in [-0.05, 0) is 91.5 Å². The molecule has 1 amide bonds. The minimum absolute atomic E-state index is 0.142. The van der Waals surface area contributed by atoms with Gasteiger partial charge in [-0.15, -0.1) is 0 Å². The van der Waals surface area contributed by atoms with E-state index in [0.717, 1.165) is 47.0 Å². The summed E-state index contributed by atoms with van der Waals surface area (Å²) in [5.74, 6) is 3.75. The average molecular weight is 476 g/mol. The van der Waals surface area contributed by atoms with E-state index in [0.29, 0.717) is 34.5 Å². The number of ether oxygens (including phenoxy) is 1. The maximum absolute atomic E-state index is 13.0. The van der Waals surface area contributed by atoms with Gasteiger partial charge in [-0.2, -0.15) is 0 Å². The summed E-state index contributed by atoms with van der Waals surface area (Å²) in [6.07, 6.45) is 9.65. The second-order valence-electron chi connectivity index (χ2n) is 11.1. The predicted molar refractivity (Wildman–Crippen MR) is 131 cm³/mol. The number of rotatable bonds is 7. The summed E-state index contributed by atoms with van der Waals surface area (Å²) in [6.45, 7) is 3.33. The molecule has 3 aromatic rings. The highest BCUT2D eigenvalue weighted by Gasteiger charge is 2.80. The van der Waals surface area contributed by atoms with Gasteiger partial charge in [-0.3, -0.25) is 9.20 Å². The Bertz CT molecular complexity index is 1300. The molecule has 5 atom stereocenters. The minimum atomic E-state index is -0.142. The van der Waals surface area contributed by atoms with E-state index in [4.69, 9.17) is 16.3 Å². The van der Waals surface area contributed by atoms with E-state index in [1.54, 1.807) is 16.7 Å². The topological polar surface area (TPSA) is 55.6 Å². The van der Waals surface area contributed by atoms with Crippen molar-refractivity contribution in [1.82, 2.24) is 14.7 Å². The van der Waals surface area contributed by atoms with Crippen molar-refractivity contribution in [2.24, 2.45) is 28.6 Å². The van der Waals surface area contributed by atoms with Crippen LogP contribution in [0.3, 0.4) is 0 Å². The molecule has 7 rings (SSSR count). The maximum Gasteiger partial charge on any atom is 0.270 e. The van der Waals surface area contributed by atoms with Crippen LogP contribution in [-0.2, 0) is 13.0 Å². The minimum Gasteiger partial charge on any atom is -0.493 e. The Balaban J connectivity index is 0.999. The molecule has 176 valence electrons. The van der Waals surface area contributed by atoms with Gasteiger partial charge in [0.15, 0.2) is 0 Å². The Hall–Kier alpha value is -2.53. The SMILES string of the molecule is CCc1nc2ccc(Cl)cn2c1C(=O)NCc1ccc(OCC23CC4CC5CC(C2)C53C4)cc1. The van der Waals surface area contributed by atoms with Gasteiger partial charge in [-0.25, -0.2) is 4.98 Å². The molecule has 0 radical (unpaired) electrons. The van der Waals surface area contributed by atoms with Crippen molar-refractivity contribution < 1.29 is 9.53 Å². The molecule has 4 aliphatic rings. The predicted octanol–water partition coefficient (Wildman–Crippen LogP) is 5.69. The highest BCUT2D eigenvalue weighted by molar-refractivity contribution is 6.30. The molecule has 4 aliphatic carbocycles. The Morgan fingerprint density at radius 2 is 2.00 bits per heavy atom. The second-order valence-corrected chi connectivity index (χ2v) is 11.6. The number of pyridine rings is 1. The van der Waals surface area contributed by atoms with Gasteiger partial charge >= 0.3 is 0 Å². The van der Waals surface area contributed by atoms with Crippen molar-refractivity contribution in [3.05, 3.63) is 64.6 Å². The molecule has 2 aromatic heterocycles. The van der Waals surface area contributed by atoms with Crippen LogP contribution in [0.5, 0.6) is 5.75 Å². The van der Waals surface area contributed by atoms with Crippen molar-refractivity contribution >= 4 is 23.2 Å². The van der Waals surface area contributed by atoms with E-state index in [1.807, 2.05) is 37.3 Å². The number of aryl methyl sites for hydroxylation is 1. The lowest BCUT2D eigenvalue weighted by Crippen LogP contribution is -2.68.